The maximum atomic E-state index is 5.60. The summed E-state index contributed by atoms with van der Waals surface area (Å²) in [4.78, 5) is 4.37. The van der Waals surface area contributed by atoms with E-state index in [-0.39, 0.29) is 0 Å². The van der Waals surface area contributed by atoms with Gasteiger partial charge in [-0.3, -0.25) is 0 Å². The third-order valence-electron chi connectivity index (χ3n) is 2.30. The first-order chi connectivity index (χ1) is 6.76. The average Bonchev–Trinajstić information content (AvgIpc) is 2.55. The first kappa shape index (κ1) is 9.02. The van der Waals surface area contributed by atoms with Gasteiger partial charge in [-0.2, -0.15) is 0 Å². The second kappa shape index (κ2) is 3.31. The predicted molar refractivity (Wildman–Crippen MR) is 54.4 cm³/mol. The number of nitrogens with two attached hydrogens (primary N) is 1. The highest BCUT2D eigenvalue weighted by molar-refractivity contribution is 5.56. The highest BCUT2D eigenvalue weighted by Crippen LogP contribution is 2.18. The van der Waals surface area contributed by atoms with Crippen LogP contribution in [0.25, 0.3) is 5.52 Å². The molecule has 0 aromatic carbocycles. The molecule has 0 amide bonds. The Morgan fingerprint density at radius 3 is 3.00 bits per heavy atom. The Balaban J connectivity index is 2.71. The lowest BCUT2D eigenvalue weighted by molar-refractivity contribution is 0.414. The van der Waals surface area contributed by atoms with Crippen LogP contribution in [0.2, 0.25) is 0 Å². The molecule has 2 aromatic heterocycles. The highest BCUT2D eigenvalue weighted by atomic mass is 16.5. The number of aromatic nitrogens is 2. The lowest BCUT2D eigenvalue weighted by Gasteiger charge is -2.01. The molecule has 0 aliphatic rings. The summed E-state index contributed by atoms with van der Waals surface area (Å²) in [5, 5.41) is 0. The minimum Gasteiger partial charge on any atom is -0.497 e. The van der Waals surface area contributed by atoms with Gasteiger partial charge in [-0.05, 0) is 13.0 Å². The molecule has 0 aliphatic heterocycles. The van der Waals surface area contributed by atoms with E-state index in [0.717, 1.165) is 22.8 Å². The molecule has 2 aromatic rings. The van der Waals surface area contributed by atoms with Gasteiger partial charge in [0.15, 0.2) is 0 Å². The van der Waals surface area contributed by atoms with Crippen molar-refractivity contribution in [2.24, 2.45) is 5.73 Å². The zero-order valence-electron chi connectivity index (χ0n) is 8.32. The number of pyridine rings is 1. The first-order valence-corrected chi connectivity index (χ1v) is 4.48. The number of rotatable bonds is 2. The molecule has 4 nitrogen and oxygen atoms in total. The van der Waals surface area contributed by atoms with E-state index in [9.17, 15) is 0 Å². The fourth-order valence-corrected chi connectivity index (χ4v) is 1.57. The second-order valence-corrected chi connectivity index (χ2v) is 3.13. The first-order valence-electron chi connectivity index (χ1n) is 4.48. The molecule has 0 radical (unpaired) electrons. The van der Waals surface area contributed by atoms with Gasteiger partial charge in [0.05, 0.1) is 18.3 Å². The number of fused-ring (bicyclic) bond motifs is 1. The molecule has 4 heteroatoms. The summed E-state index contributed by atoms with van der Waals surface area (Å²) in [5.41, 5.74) is 7.53. The van der Waals surface area contributed by atoms with Crippen molar-refractivity contribution in [1.29, 1.82) is 0 Å². The lowest BCUT2D eigenvalue weighted by atomic mass is 10.3. The molecular formula is C10H13N3O. The van der Waals surface area contributed by atoms with E-state index in [4.69, 9.17) is 10.5 Å². The van der Waals surface area contributed by atoms with Crippen LogP contribution in [0.3, 0.4) is 0 Å². The van der Waals surface area contributed by atoms with Crippen molar-refractivity contribution in [3.05, 3.63) is 29.8 Å². The number of imidazole rings is 1. The Kier molecular flexibility index (Phi) is 2.13. The van der Waals surface area contributed by atoms with Gasteiger partial charge >= 0.3 is 0 Å². The molecule has 0 atom stereocenters. The van der Waals surface area contributed by atoms with Crippen LogP contribution in [0.4, 0.5) is 0 Å². The van der Waals surface area contributed by atoms with Crippen molar-refractivity contribution in [2.75, 3.05) is 7.11 Å². The van der Waals surface area contributed by atoms with Gasteiger partial charge < -0.3 is 14.9 Å². The Morgan fingerprint density at radius 1 is 1.57 bits per heavy atom. The van der Waals surface area contributed by atoms with Gasteiger partial charge in [-0.15, -0.1) is 0 Å². The predicted octanol–water partition coefficient (Wildman–Crippen LogP) is 1.11. The van der Waals surface area contributed by atoms with Gasteiger partial charge in [0.1, 0.15) is 11.6 Å². The Labute approximate surface area is 82.3 Å². The van der Waals surface area contributed by atoms with E-state index in [1.807, 2.05) is 29.7 Å². The van der Waals surface area contributed by atoms with Crippen LogP contribution in [0.1, 0.15) is 11.5 Å². The number of hydrogen-bond acceptors (Lipinski definition) is 3. The molecule has 14 heavy (non-hydrogen) atoms. The zero-order valence-corrected chi connectivity index (χ0v) is 8.32. The van der Waals surface area contributed by atoms with Gasteiger partial charge in [0.2, 0.25) is 0 Å². The SMILES string of the molecule is COc1ccn2c(C)nc(CN)c2c1. The van der Waals surface area contributed by atoms with E-state index in [2.05, 4.69) is 4.98 Å². The van der Waals surface area contributed by atoms with E-state index in [1.165, 1.54) is 0 Å². The van der Waals surface area contributed by atoms with Crippen LogP contribution in [0.15, 0.2) is 18.3 Å². The molecular weight excluding hydrogens is 178 g/mol. The van der Waals surface area contributed by atoms with E-state index < -0.39 is 0 Å². The van der Waals surface area contributed by atoms with Gasteiger partial charge in [0, 0.05) is 18.8 Å². The summed E-state index contributed by atoms with van der Waals surface area (Å²) in [6.07, 6.45) is 1.94. The third kappa shape index (κ3) is 1.24. The minimum atomic E-state index is 0.449. The second-order valence-electron chi connectivity index (χ2n) is 3.13. The molecule has 0 saturated heterocycles. The molecule has 0 unspecified atom stereocenters. The quantitative estimate of drug-likeness (QED) is 0.773. The van der Waals surface area contributed by atoms with Crippen LogP contribution < -0.4 is 10.5 Å². The van der Waals surface area contributed by atoms with Crippen LogP contribution in [0.5, 0.6) is 5.75 Å². The minimum absolute atomic E-state index is 0.449. The lowest BCUT2D eigenvalue weighted by Crippen LogP contribution is -1.97. The van der Waals surface area contributed by atoms with E-state index >= 15 is 0 Å². The number of hydrogen-bond donors (Lipinski definition) is 1. The van der Waals surface area contributed by atoms with Crippen molar-refractivity contribution in [3.8, 4) is 5.75 Å². The standard InChI is InChI=1S/C10H13N3O/c1-7-12-9(6-11)10-5-8(14-2)3-4-13(7)10/h3-5H,6,11H2,1-2H3. The van der Waals surface area contributed by atoms with Crippen molar-refractivity contribution in [1.82, 2.24) is 9.38 Å². The van der Waals surface area contributed by atoms with Gasteiger partial charge in [-0.1, -0.05) is 0 Å². The van der Waals surface area contributed by atoms with Gasteiger partial charge in [-0.25, -0.2) is 4.98 Å². The molecule has 0 aliphatic carbocycles. The number of ether oxygens (including phenoxy) is 1. The Bertz CT molecular complexity index is 462. The summed E-state index contributed by atoms with van der Waals surface area (Å²) >= 11 is 0. The van der Waals surface area contributed by atoms with Crippen LogP contribution >= 0.6 is 0 Å². The molecule has 74 valence electrons. The Morgan fingerprint density at radius 2 is 2.36 bits per heavy atom. The summed E-state index contributed by atoms with van der Waals surface area (Å²) in [7, 11) is 1.65. The summed E-state index contributed by atoms with van der Waals surface area (Å²) in [5.74, 6) is 1.77. The smallest absolute Gasteiger partial charge is 0.122 e. The van der Waals surface area contributed by atoms with Crippen LogP contribution in [0, 0.1) is 6.92 Å². The third-order valence-corrected chi connectivity index (χ3v) is 2.30. The Hall–Kier alpha value is -1.55. The normalized spacial score (nSPS) is 10.8. The number of aryl methyl sites for hydroxylation is 1. The molecule has 2 heterocycles. The van der Waals surface area contributed by atoms with E-state index in [0.29, 0.717) is 6.54 Å². The largest absolute Gasteiger partial charge is 0.497 e. The fourth-order valence-electron chi connectivity index (χ4n) is 1.57. The molecule has 0 bridgehead atoms. The zero-order chi connectivity index (χ0) is 10.1. The molecule has 2 N–H and O–H groups in total. The maximum absolute atomic E-state index is 5.60. The summed E-state index contributed by atoms with van der Waals surface area (Å²) in [6, 6.07) is 3.85. The summed E-state index contributed by atoms with van der Waals surface area (Å²) < 4.78 is 7.15. The van der Waals surface area contributed by atoms with Crippen molar-refractivity contribution in [3.63, 3.8) is 0 Å². The average molecular weight is 191 g/mol. The van der Waals surface area contributed by atoms with Crippen molar-refractivity contribution in [2.45, 2.75) is 13.5 Å². The van der Waals surface area contributed by atoms with Crippen molar-refractivity contribution < 1.29 is 4.74 Å². The van der Waals surface area contributed by atoms with Crippen LogP contribution in [-0.4, -0.2) is 16.5 Å². The number of nitrogens with zero attached hydrogens (tertiary/aromatic N) is 2. The molecule has 2 rings (SSSR count). The van der Waals surface area contributed by atoms with E-state index in [1.54, 1.807) is 7.11 Å². The fraction of sp³-hybridized carbons (Fsp3) is 0.300. The monoisotopic (exact) mass is 191 g/mol. The maximum Gasteiger partial charge on any atom is 0.122 e. The molecule has 0 fully saturated rings. The van der Waals surface area contributed by atoms with Gasteiger partial charge in [0.25, 0.3) is 0 Å². The van der Waals surface area contributed by atoms with Crippen LogP contribution in [-0.2, 0) is 6.54 Å². The molecule has 0 saturated carbocycles. The van der Waals surface area contributed by atoms with Crippen molar-refractivity contribution >= 4 is 5.52 Å². The molecule has 0 spiro atoms. The highest BCUT2D eigenvalue weighted by Gasteiger charge is 2.06. The summed E-state index contributed by atoms with van der Waals surface area (Å²) in [6.45, 7) is 2.41. The number of methoxy groups -OCH3 is 1. The topological polar surface area (TPSA) is 52.5 Å².